The SMILES string of the molecule is Clc1ccc(CC[C@@]2(Cn3ccnc3)OC[C@@H](COc3ccc(I)cc3)O2)cc1. The highest BCUT2D eigenvalue weighted by molar-refractivity contribution is 14.1. The van der Waals surface area contributed by atoms with Gasteiger partial charge in [-0.15, -0.1) is 0 Å². The van der Waals surface area contributed by atoms with E-state index >= 15 is 0 Å². The van der Waals surface area contributed by atoms with E-state index in [1.165, 1.54) is 9.13 Å². The summed E-state index contributed by atoms with van der Waals surface area (Å²) in [6.45, 7) is 1.54. The average molecular weight is 525 g/mol. The molecule has 0 spiro atoms. The lowest BCUT2D eigenvalue weighted by Crippen LogP contribution is -2.37. The maximum Gasteiger partial charge on any atom is 0.187 e. The highest BCUT2D eigenvalue weighted by Gasteiger charge is 2.42. The van der Waals surface area contributed by atoms with E-state index < -0.39 is 5.79 Å². The van der Waals surface area contributed by atoms with Gasteiger partial charge in [-0.3, -0.25) is 0 Å². The first kappa shape index (κ1) is 20.7. The van der Waals surface area contributed by atoms with E-state index in [9.17, 15) is 0 Å². The van der Waals surface area contributed by atoms with Crippen molar-refractivity contribution < 1.29 is 14.2 Å². The molecule has 7 heteroatoms. The minimum atomic E-state index is -0.708. The van der Waals surface area contributed by atoms with Crippen molar-refractivity contribution in [3.05, 3.63) is 81.4 Å². The number of ether oxygens (including phenoxy) is 3. The van der Waals surface area contributed by atoms with Crippen LogP contribution in [0.15, 0.2) is 67.3 Å². The van der Waals surface area contributed by atoms with Crippen molar-refractivity contribution in [2.24, 2.45) is 0 Å². The smallest absolute Gasteiger partial charge is 0.187 e. The lowest BCUT2D eigenvalue weighted by molar-refractivity contribution is -0.184. The number of hydrogen-bond acceptors (Lipinski definition) is 4. The molecule has 1 aliphatic rings. The Labute approximate surface area is 189 Å². The first-order chi connectivity index (χ1) is 14.1. The second kappa shape index (κ2) is 9.47. The van der Waals surface area contributed by atoms with E-state index in [1.54, 1.807) is 12.5 Å². The molecule has 0 unspecified atom stereocenters. The van der Waals surface area contributed by atoms with Gasteiger partial charge in [-0.2, -0.15) is 0 Å². The van der Waals surface area contributed by atoms with Crippen LogP contribution in [-0.4, -0.2) is 34.7 Å². The fraction of sp³-hybridized carbons (Fsp3) is 0.318. The maximum atomic E-state index is 6.39. The lowest BCUT2D eigenvalue weighted by atomic mass is 10.0. The van der Waals surface area contributed by atoms with Crippen molar-refractivity contribution in [1.82, 2.24) is 9.55 Å². The molecule has 2 heterocycles. The van der Waals surface area contributed by atoms with E-state index in [0.717, 1.165) is 23.6 Å². The molecule has 0 aliphatic carbocycles. The Kier molecular flexibility index (Phi) is 6.74. The van der Waals surface area contributed by atoms with Crippen LogP contribution >= 0.6 is 34.2 Å². The first-order valence-corrected chi connectivity index (χ1v) is 11.0. The molecule has 1 saturated heterocycles. The topological polar surface area (TPSA) is 45.5 Å². The Balaban J connectivity index is 1.40. The summed E-state index contributed by atoms with van der Waals surface area (Å²) in [5.74, 6) is 0.128. The van der Waals surface area contributed by atoms with Crippen LogP contribution < -0.4 is 4.74 Å². The minimum Gasteiger partial charge on any atom is -0.491 e. The van der Waals surface area contributed by atoms with Crippen molar-refractivity contribution in [2.75, 3.05) is 13.2 Å². The molecule has 4 rings (SSSR count). The van der Waals surface area contributed by atoms with Crippen molar-refractivity contribution in [3.8, 4) is 5.75 Å². The van der Waals surface area contributed by atoms with Crippen molar-refractivity contribution in [3.63, 3.8) is 0 Å². The number of rotatable bonds is 8. The Morgan fingerprint density at radius 3 is 2.69 bits per heavy atom. The number of aryl methyl sites for hydroxylation is 1. The number of hydrogen-bond donors (Lipinski definition) is 0. The van der Waals surface area contributed by atoms with Gasteiger partial charge in [0.1, 0.15) is 18.5 Å². The van der Waals surface area contributed by atoms with Gasteiger partial charge in [0, 0.05) is 27.4 Å². The summed E-state index contributed by atoms with van der Waals surface area (Å²) in [5, 5.41) is 0.739. The zero-order valence-electron chi connectivity index (χ0n) is 15.8. The molecule has 0 N–H and O–H groups in total. The Morgan fingerprint density at radius 2 is 1.97 bits per heavy atom. The fourth-order valence-electron chi connectivity index (χ4n) is 3.36. The summed E-state index contributed by atoms with van der Waals surface area (Å²) in [7, 11) is 0. The van der Waals surface area contributed by atoms with Crippen molar-refractivity contribution >= 4 is 34.2 Å². The highest BCUT2D eigenvalue weighted by atomic mass is 127. The predicted molar refractivity (Wildman–Crippen MR) is 120 cm³/mol. The highest BCUT2D eigenvalue weighted by Crippen LogP contribution is 2.31. The molecule has 29 heavy (non-hydrogen) atoms. The Bertz CT molecular complexity index is 903. The monoisotopic (exact) mass is 524 g/mol. The molecule has 3 aromatic rings. The van der Waals surface area contributed by atoms with E-state index in [4.69, 9.17) is 25.8 Å². The van der Waals surface area contributed by atoms with E-state index in [-0.39, 0.29) is 6.10 Å². The number of benzene rings is 2. The molecule has 1 aliphatic heterocycles. The third-order valence-corrected chi connectivity index (χ3v) is 5.82. The lowest BCUT2D eigenvalue weighted by Gasteiger charge is -2.28. The average Bonchev–Trinajstić information content (AvgIpc) is 3.38. The number of nitrogens with zero attached hydrogens (tertiary/aromatic N) is 2. The van der Waals surface area contributed by atoms with Gasteiger partial charge in [-0.05, 0) is 71.0 Å². The van der Waals surface area contributed by atoms with E-state index in [0.29, 0.717) is 19.8 Å². The standard InChI is InChI=1S/C22H22ClIN2O3/c23-18-3-1-17(2-4-18)9-10-22(15-26-12-11-25-16-26)28-14-21(29-22)13-27-20-7-5-19(24)6-8-20/h1-8,11-12,16,21H,9-10,13-15H2/t21-,22-/m1/s1. The van der Waals surface area contributed by atoms with Crippen LogP contribution in [0.2, 0.25) is 5.02 Å². The second-order valence-corrected chi connectivity index (χ2v) is 8.77. The molecule has 2 aromatic carbocycles. The predicted octanol–water partition coefficient (Wildman–Crippen LogP) is 4.96. The normalized spacial score (nSPS) is 21.4. The van der Waals surface area contributed by atoms with Crippen LogP contribution in [0.5, 0.6) is 5.75 Å². The second-order valence-electron chi connectivity index (χ2n) is 7.09. The van der Waals surface area contributed by atoms with Gasteiger partial charge in [0.15, 0.2) is 5.79 Å². The molecule has 2 atom stereocenters. The summed E-state index contributed by atoms with van der Waals surface area (Å²) in [5.41, 5.74) is 1.20. The zero-order chi connectivity index (χ0) is 20.1. The van der Waals surface area contributed by atoms with E-state index in [2.05, 4.69) is 27.6 Å². The molecule has 0 bridgehead atoms. The number of aromatic nitrogens is 2. The van der Waals surface area contributed by atoms with Gasteiger partial charge >= 0.3 is 0 Å². The Hall–Kier alpha value is -1.61. The van der Waals surface area contributed by atoms with Crippen LogP contribution in [0.25, 0.3) is 0 Å². The van der Waals surface area contributed by atoms with E-state index in [1.807, 2.05) is 59.3 Å². The number of halogens is 2. The summed E-state index contributed by atoms with van der Waals surface area (Å²) in [4.78, 5) is 4.14. The van der Waals surface area contributed by atoms with Crippen LogP contribution in [0.3, 0.4) is 0 Å². The molecule has 5 nitrogen and oxygen atoms in total. The van der Waals surface area contributed by atoms with Gasteiger partial charge in [-0.1, -0.05) is 23.7 Å². The molecule has 1 fully saturated rings. The van der Waals surface area contributed by atoms with Crippen LogP contribution in [0.1, 0.15) is 12.0 Å². The summed E-state index contributed by atoms with van der Waals surface area (Å²) in [6, 6.07) is 15.9. The summed E-state index contributed by atoms with van der Waals surface area (Å²) < 4.78 is 21.7. The number of imidazole rings is 1. The van der Waals surface area contributed by atoms with Crippen molar-refractivity contribution in [1.29, 1.82) is 0 Å². The molecule has 0 amide bonds. The molecule has 0 radical (unpaired) electrons. The minimum absolute atomic E-state index is 0.122. The molecule has 0 saturated carbocycles. The molecule has 1 aromatic heterocycles. The fourth-order valence-corrected chi connectivity index (χ4v) is 3.84. The van der Waals surface area contributed by atoms with Gasteiger partial charge in [-0.25, -0.2) is 4.98 Å². The third kappa shape index (κ3) is 5.72. The van der Waals surface area contributed by atoms with Gasteiger partial charge < -0.3 is 18.8 Å². The molecular weight excluding hydrogens is 503 g/mol. The van der Waals surface area contributed by atoms with Gasteiger partial charge in [0.2, 0.25) is 0 Å². The van der Waals surface area contributed by atoms with Gasteiger partial charge in [0.25, 0.3) is 0 Å². The molecular formula is C22H22ClIN2O3. The van der Waals surface area contributed by atoms with Crippen LogP contribution in [0, 0.1) is 3.57 Å². The Morgan fingerprint density at radius 1 is 1.17 bits per heavy atom. The van der Waals surface area contributed by atoms with Crippen LogP contribution in [0.4, 0.5) is 0 Å². The third-order valence-electron chi connectivity index (χ3n) is 4.85. The molecule has 152 valence electrons. The zero-order valence-corrected chi connectivity index (χ0v) is 18.8. The summed E-state index contributed by atoms with van der Waals surface area (Å²) in [6.07, 6.45) is 6.91. The first-order valence-electron chi connectivity index (χ1n) is 9.51. The maximum absolute atomic E-state index is 6.39. The van der Waals surface area contributed by atoms with Crippen molar-refractivity contribution in [2.45, 2.75) is 31.3 Å². The van der Waals surface area contributed by atoms with Crippen LogP contribution in [-0.2, 0) is 22.4 Å². The van der Waals surface area contributed by atoms with Gasteiger partial charge in [0.05, 0.1) is 19.5 Å². The largest absolute Gasteiger partial charge is 0.491 e. The summed E-state index contributed by atoms with van der Waals surface area (Å²) >= 11 is 8.28. The quantitative estimate of drug-likeness (QED) is 0.391.